The summed E-state index contributed by atoms with van der Waals surface area (Å²) in [5.41, 5.74) is -0.0172. The van der Waals surface area contributed by atoms with Gasteiger partial charge in [0.05, 0.1) is 23.7 Å². The van der Waals surface area contributed by atoms with Crippen LogP contribution in [-0.2, 0) is 18.0 Å². The number of nitrogens with zero attached hydrogens (tertiary/aromatic N) is 2. The first-order valence-corrected chi connectivity index (χ1v) is 8.79. The van der Waals surface area contributed by atoms with E-state index in [0.717, 1.165) is 12.1 Å². The zero-order chi connectivity index (χ0) is 21.2. The van der Waals surface area contributed by atoms with Gasteiger partial charge in [0.2, 0.25) is 0 Å². The van der Waals surface area contributed by atoms with Crippen LogP contribution >= 0.6 is 0 Å². The van der Waals surface area contributed by atoms with Gasteiger partial charge in [0.1, 0.15) is 5.82 Å². The maximum absolute atomic E-state index is 12.8. The molecule has 1 unspecified atom stereocenters. The van der Waals surface area contributed by atoms with Crippen molar-refractivity contribution in [3.63, 3.8) is 0 Å². The van der Waals surface area contributed by atoms with Gasteiger partial charge < -0.3 is 19.7 Å². The second-order valence-electron chi connectivity index (χ2n) is 6.61. The summed E-state index contributed by atoms with van der Waals surface area (Å²) < 4.78 is 44.8. The second-order valence-corrected chi connectivity index (χ2v) is 6.61. The van der Waals surface area contributed by atoms with Crippen LogP contribution in [0.2, 0.25) is 0 Å². The van der Waals surface area contributed by atoms with Crippen LogP contribution in [0, 0.1) is 0 Å². The molecule has 0 aliphatic carbocycles. The third kappa shape index (κ3) is 4.41. The van der Waals surface area contributed by atoms with Gasteiger partial charge >= 0.3 is 6.18 Å². The summed E-state index contributed by atoms with van der Waals surface area (Å²) in [5.74, 6) is 0.284. The van der Waals surface area contributed by atoms with Crippen LogP contribution in [0.1, 0.15) is 5.56 Å². The number of anilines is 1. The highest BCUT2D eigenvalue weighted by Crippen LogP contribution is 2.33. The van der Waals surface area contributed by atoms with Crippen LogP contribution in [0.5, 0.6) is 0 Å². The Kier molecular flexibility index (Phi) is 5.90. The molecule has 0 amide bonds. The average Bonchev–Trinajstić information content (AvgIpc) is 2.68. The zero-order valence-electron chi connectivity index (χ0n) is 15.8. The Morgan fingerprint density at radius 1 is 1.24 bits per heavy atom. The number of halogens is 3. The number of aliphatic hydroxyl groups is 1. The van der Waals surface area contributed by atoms with Crippen LogP contribution < -0.4 is 10.9 Å². The van der Waals surface area contributed by atoms with Crippen LogP contribution in [0.25, 0.3) is 21.9 Å². The quantitative estimate of drug-likeness (QED) is 0.657. The maximum Gasteiger partial charge on any atom is 0.416 e. The van der Waals surface area contributed by atoms with E-state index in [0.29, 0.717) is 16.5 Å². The van der Waals surface area contributed by atoms with Crippen molar-refractivity contribution in [2.24, 2.45) is 7.05 Å². The topological polar surface area (TPSA) is 76.4 Å². The lowest BCUT2D eigenvalue weighted by molar-refractivity contribution is -0.137. The van der Waals surface area contributed by atoms with E-state index in [1.54, 1.807) is 19.3 Å². The van der Waals surface area contributed by atoms with Crippen LogP contribution in [0.15, 0.2) is 47.5 Å². The molecule has 1 aromatic carbocycles. The summed E-state index contributed by atoms with van der Waals surface area (Å²) >= 11 is 0. The van der Waals surface area contributed by atoms with Crippen molar-refractivity contribution >= 4 is 16.6 Å². The Hall–Kier alpha value is -2.91. The molecule has 0 aliphatic rings. The van der Waals surface area contributed by atoms with Crippen molar-refractivity contribution in [3.05, 3.63) is 58.6 Å². The van der Waals surface area contributed by atoms with Crippen molar-refractivity contribution in [1.29, 1.82) is 0 Å². The van der Waals surface area contributed by atoms with Gasteiger partial charge in [-0.15, -0.1) is 0 Å². The summed E-state index contributed by atoms with van der Waals surface area (Å²) in [5, 5.41) is 13.6. The molecule has 0 spiro atoms. The number of ether oxygens (including phenoxy) is 1. The van der Waals surface area contributed by atoms with Gasteiger partial charge in [-0.3, -0.25) is 4.79 Å². The fourth-order valence-corrected chi connectivity index (χ4v) is 3.01. The average molecular weight is 407 g/mol. The Balaban J connectivity index is 2.08. The molecule has 0 saturated carbocycles. The summed E-state index contributed by atoms with van der Waals surface area (Å²) in [6.45, 7) is 0.236. The minimum absolute atomic E-state index is 0.118. The molecule has 3 rings (SSSR count). The molecule has 0 aliphatic heterocycles. The van der Waals surface area contributed by atoms with Gasteiger partial charge in [0.25, 0.3) is 5.56 Å². The number of hydrogen-bond acceptors (Lipinski definition) is 5. The molecule has 0 fully saturated rings. The smallest absolute Gasteiger partial charge is 0.389 e. The van der Waals surface area contributed by atoms with Crippen molar-refractivity contribution in [3.8, 4) is 11.1 Å². The molecule has 2 N–H and O–H groups in total. The van der Waals surface area contributed by atoms with E-state index in [-0.39, 0.29) is 29.9 Å². The highest BCUT2D eigenvalue weighted by Gasteiger charge is 2.30. The zero-order valence-corrected chi connectivity index (χ0v) is 15.8. The first-order chi connectivity index (χ1) is 13.7. The van der Waals surface area contributed by atoms with E-state index in [1.165, 1.54) is 30.0 Å². The van der Waals surface area contributed by atoms with Crippen molar-refractivity contribution in [1.82, 2.24) is 9.55 Å². The third-order valence-electron chi connectivity index (χ3n) is 4.51. The molecule has 1 atom stereocenters. The number of pyridine rings is 2. The van der Waals surface area contributed by atoms with Crippen LogP contribution in [0.4, 0.5) is 19.0 Å². The van der Waals surface area contributed by atoms with Crippen LogP contribution in [0.3, 0.4) is 0 Å². The van der Waals surface area contributed by atoms with Crippen molar-refractivity contribution < 1.29 is 23.0 Å². The van der Waals surface area contributed by atoms with E-state index < -0.39 is 17.8 Å². The van der Waals surface area contributed by atoms with Gasteiger partial charge in [-0.1, -0.05) is 12.1 Å². The minimum atomic E-state index is -4.42. The van der Waals surface area contributed by atoms with E-state index in [1.807, 2.05) is 0 Å². The first-order valence-electron chi connectivity index (χ1n) is 8.79. The van der Waals surface area contributed by atoms with Crippen molar-refractivity contribution in [2.75, 3.05) is 25.6 Å². The Labute approximate surface area is 164 Å². The molecule has 3 aromatic rings. The molecule has 0 radical (unpaired) electrons. The summed E-state index contributed by atoms with van der Waals surface area (Å²) in [7, 11) is 3.06. The fraction of sp³-hybridized carbons (Fsp3) is 0.300. The molecule has 6 nitrogen and oxygen atoms in total. The number of nitrogens with one attached hydrogen (secondary N) is 1. The fourth-order valence-electron chi connectivity index (χ4n) is 3.01. The number of aryl methyl sites for hydroxylation is 1. The second kappa shape index (κ2) is 8.22. The predicted octanol–water partition coefficient (Wildman–Crippen LogP) is 3.04. The van der Waals surface area contributed by atoms with E-state index in [2.05, 4.69) is 10.3 Å². The number of aromatic nitrogens is 2. The number of rotatable bonds is 6. The molecule has 154 valence electrons. The highest BCUT2D eigenvalue weighted by molar-refractivity contribution is 6.01. The van der Waals surface area contributed by atoms with Gasteiger partial charge in [-0.25, -0.2) is 4.98 Å². The molecule has 2 aromatic heterocycles. The standard InChI is InChI=1S/C20H20F3N3O3/c1-26-8-7-15-16(12-3-5-13(6-4-12)20(21,22)23)10-25-18(17(15)19(26)28)24-9-14(27)11-29-2/h3-8,10,14,27H,9,11H2,1-2H3,(H,24,25). The maximum atomic E-state index is 12.8. The third-order valence-corrected chi connectivity index (χ3v) is 4.51. The first kappa shape index (κ1) is 20.8. The molecule has 29 heavy (non-hydrogen) atoms. The lowest BCUT2D eigenvalue weighted by atomic mass is 10.00. The van der Waals surface area contributed by atoms with E-state index >= 15 is 0 Å². The van der Waals surface area contributed by atoms with Crippen LogP contribution in [-0.4, -0.2) is 41.0 Å². The van der Waals surface area contributed by atoms with Gasteiger partial charge in [0.15, 0.2) is 0 Å². The summed E-state index contributed by atoms with van der Waals surface area (Å²) in [6, 6.07) is 6.41. The monoisotopic (exact) mass is 407 g/mol. The van der Waals surface area contributed by atoms with E-state index in [9.17, 15) is 23.1 Å². The number of hydrogen-bond donors (Lipinski definition) is 2. The molecule has 9 heteroatoms. The number of methoxy groups -OCH3 is 1. The van der Waals surface area contributed by atoms with E-state index in [4.69, 9.17) is 4.74 Å². The lowest BCUT2D eigenvalue weighted by Crippen LogP contribution is -2.26. The molecular formula is C20H20F3N3O3. The van der Waals surface area contributed by atoms with Gasteiger partial charge in [-0.2, -0.15) is 13.2 Å². The minimum Gasteiger partial charge on any atom is -0.389 e. The normalized spacial score (nSPS) is 12.9. The Morgan fingerprint density at radius 2 is 1.93 bits per heavy atom. The highest BCUT2D eigenvalue weighted by atomic mass is 19.4. The predicted molar refractivity (Wildman–Crippen MR) is 104 cm³/mol. The number of aliphatic hydroxyl groups excluding tert-OH is 1. The van der Waals surface area contributed by atoms with Crippen molar-refractivity contribution in [2.45, 2.75) is 12.3 Å². The molecule has 2 heterocycles. The van der Waals surface area contributed by atoms with Gasteiger partial charge in [0, 0.05) is 44.0 Å². The number of benzene rings is 1. The largest absolute Gasteiger partial charge is 0.416 e. The lowest BCUT2D eigenvalue weighted by Gasteiger charge is -2.15. The molecule has 0 saturated heterocycles. The Morgan fingerprint density at radius 3 is 2.55 bits per heavy atom. The summed E-state index contributed by atoms with van der Waals surface area (Å²) in [4.78, 5) is 17.0. The SMILES string of the molecule is COCC(O)CNc1ncc(-c2ccc(C(F)(F)F)cc2)c2ccn(C)c(=O)c12. The molecular weight excluding hydrogens is 387 g/mol. The van der Waals surface area contributed by atoms with Gasteiger partial charge in [-0.05, 0) is 23.8 Å². The summed E-state index contributed by atoms with van der Waals surface area (Å²) in [6.07, 6.45) is -2.14. The number of alkyl halides is 3. The Bertz CT molecular complexity index is 1060. The molecule has 0 bridgehead atoms. The number of fused-ring (bicyclic) bond motifs is 1.